The number of hydrogen-bond acceptors (Lipinski definition) is 5. The number of rotatable bonds is 7. The topological polar surface area (TPSA) is 130 Å². The van der Waals surface area contributed by atoms with Crippen LogP contribution >= 0.6 is 0 Å². The number of nitrogens with zero attached hydrogens (tertiary/aromatic N) is 2. The van der Waals surface area contributed by atoms with Crippen molar-refractivity contribution < 1.29 is 33.0 Å². The minimum absolute atomic E-state index is 0.0627. The summed E-state index contributed by atoms with van der Waals surface area (Å²) < 4.78 is 33.5. The fourth-order valence-electron chi connectivity index (χ4n) is 4.13. The predicted octanol–water partition coefficient (Wildman–Crippen LogP) is 3.40. The second kappa shape index (κ2) is 10.9. The van der Waals surface area contributed by atoms with Crippen molar-refractivity contribution in [1.82, 2.24) is 15.1 Å². The lowest BCUT2D eigenvalue weighted by atomic mass is 9.87. The molecule has 2 aromatic carbocycles. The highest BCUT2D eigenvalue weighted by Gasteiger charge is 2.38. The third-order valence-corrected chi connectivity index (χ3v) is 6.07. The van der Waals surface area contributed by atoms with Crippen molar-refractivity contribution in [3.8, 4) is 5.69 Å². The van der Waals surface area contributed by atoms with Gasteiger partial charge in [-0.1, -0.05) is 37.1 Å². The van der Waals surface area contributed by atoms with E-state index in [1.807, 2.05) is 30.5 Å². The van der Waals surface area contributed by atoms with Gasteiger partial charge < -0.3 is 21.3 Å². The van der Waals surface area contributed by atoms with Crippen LogP contribution in [-0.2, 0) is 11.3 Å². The van der Waals surface area contributed by atoms with Crippen molar-refractivity contribution in [1.29, 1.82) is 0 Å². The second-order valence-corrected chi connectivity index (χ2v) is 8.62. The number of halogens is 3. The molecule has 4 rings (SSSR count). The summed E-state index contributed by atoms with van der Waals surface area (Å²) >= 11 is 0. The molecule has 1 saturated carbocycles. The summed E-state index contributed by atoms with van der Waals surface area (Å²) in [5.74, 6) is -3.23. The molecule has 188 valence electrons. The van der Waals surface area contributed by atoms with Crippen LogP contribution in [0.1, 0.15) is 41.6 Å². The fraction of sp³-hybridized carbons (Fsp3) is 0.375. The maximum absolute atomic E-state index is 11.6. The van der Waals surface area contributed by atoms with Crippen molar-refractivity contribution in [3.05, 3.63) is 59.8 Å². The third kappa shape index (κ3) is 6.58. The van der Waals surface area contributed by atoms with Crippen molar-refractivity contribution >= 4 is 22.8 Å². The van der Waals surface area contributed by atoms with Gasteiger partial charge in [-0.05, 0) is 36.6 Å². The maximum atomic E-state index is 11.6. The summed E-state index contributed by atoms with van der Waals surface area (Å²) in [5.41, 5.74) is 8.67. The minimum atomic E-state index is -5.08. The number of carbonyl (C=O) groups excluding carboxylic acids is 1. The molecular formula is C24H27F3N4O4. The lowest BCUT2D eigenvalue weighted by Crippen LogP contribution is -2.34. The van der Waals surface area contributed by atoms with E-state index in [2.05, 4.69) is 22.5 Å². The van der Waals surface area contributed by atoms with E-state index in [-0.39, 0.29) is 12.0 Å². The quantitative estimate of drug-likeness (QED) is 0.400. The van der Waals surface area contributed by atoms with E-state index in [1.54, 1.807) is 10.7 Å². The van der Waals surface area contributed by atoms with Crippen molar-refractivity contribution in [3.63, 3.8) is 0 Å². The van der Waals surface area contributed by atoms with Gasteiger partial charge in [0.1, 0.15) is 5.52 Å². The Labute approximate surface area is 199 Å². The molecule has 0 aliphatic heterocycles. The first-order chi connectivity index (χ1) is 16.5. The number of aliphatic hydroxyl groups is 1. The number of amides is 1. The Morgan fingerprint density at radius 1 is 1.11 bits per heavy atom. The van der Waals surface area contributed by atoms with Crippen LogP contribution in [-0.4, -0.2) is 51.2 Å². The normalized spacial score (nSPS) is 15.0. The number of aliphatic hydroxyl groups excluding tert-OH is 1. The average Bonchev–Trinajstić information content (AvgIpc) is 3.46. The first kappa shape index (κ1) is 26.2. The van der Waals surface area contributed by atoms with Gasteiger partial charge in [0.25, 0.3) is 5.91 Å². The lowest BCUT2D eigenvalue weighted by molar-refractivity contribution is -0.192. The predicted molar refractivity (Wildman–Crippen MR) is 123 cm³/mol. The van der Waals surface area contributed by atoms with Crippen LogP contribution < -0.4 is 11.1 Å². The van der Waals surface area contributed by atoms with Gasteiger partial charge in [-0.3, -0.25) is 4.79 Å². The molecule has 0 bridgehead atoms. The molecule has 0 radical (unpaired) electrons. The highest BCUT2D eigenvalue weighted by atomic mass is 19.4. The summed E-state index contributed by atoms with van der Waals surface area (Å²) in [6, 6.07) is 13.6. The first-order valence-electron chi connectivity index (χ1n) is 11.0. The third-order valence-electron chi connectivity index (χ3n) is 6.07. The molecule has 0 saturated heterocycles. The van der Waals surface area contributed by atoms with E-state index < -0.39 is 18.1 Å². The molecule has 11 heteroatoms. The van der Waals surface area contributed by atoms with Gasteiger partial charge in [-0.2, -0.15) is 18.3 Å². The smallest absolute Gasteiger partial charge is 0.475 e. The maximum Gasteiger partial charge on any atom is 0.490 e. The number of nitrogens with two attached hydrogens (primary N) is 1. The molecule has 1 aliphatic rings. The zero-order chi connectivity index (χ0) is 25.6. The number of carboxylic acid groups (broad SMARTS) is 1. The summed E-state index contributed by atoms with van der Waals surface area (Å²) in [6.45, 7) is 1.89. The molecular weight excluding hydrogens is 465 g/mol. The second-order valence-electron chi connectivity index (χ2n) is 8.62. The number of primary amides is 1. The van der Waals surface area contributed by atoms with Gasteiger partial charge in [-0.25, -0.2) is 9.48 Å². The number of aliphatic carboxylic acids is 1. The van der Waals surface area contributed by atoms with Crippen LogP contribution in [0.25, 0.3) is 16.6 Å². The van der Waals surface area contributed by atoms with Crippen LogP contribution in [0, 0.1) is 5.41 Å². The SMILES string of the molecule is NC(=O)c1cccc2cn(-c3ccc(CNCC4(CO)CCCC4)cc3)nc12.O=C(O)C(F)(F)F. The number of benzene rings is 2. The van der Waals surface area contributed by atoms with E-state index in [9.17, 15) is 23.1 Å². The van der Waals surface area contributed by atoms with Gasteiger partial charge in [0.15, 0.2) is 0 Å². The number of carboxylic acids is 1. The molecule has 1 fully saturated rings. The average molecular weight is 492 g/mol. The Morgan fingerprint density at radius 2 is 1.74 bits per heavy atom. The summed E-state index contributed by atoms with van der Waals surface area (Å²) in [5, 5.41) is 25.8. The van der Waals surface area contributed by atoms with Crippen LogP contribution in [0.2, 0.25) is 0 Å². The molecule has 5 N–H and O–H groups in total. The van der Waals surface area contributed by atoms with E-state index >= 15 is 0 Å². The molecule has 1 aromatic heterocycles. The van der Waals surface area contributed by atoms with Crippen LogP contribution in [0.5, 0.6) is 0 Å². The highest BCUT2D eigenvalue weighted by Crippen LogP contribution is 2.36. The van der Waals surface area contributed by atoms with E-state index in [0.717, 1.165) is 37.0 Å². The number of nitrogens with one attached hydrogen (secondary N) is 1. The van der Waals surface area contributed by atoms with Gasteiger partial charge in [-0.15, -0.1) is 0 Å². The Balaban J connectivity index is 0.000000429. The minimum Gasteiger partial charge on any atom is -0.475 e. The number of alkyl halides is 3. The summed E-state index contributed by atoms with van der Waals surface area (Å²) in [6.07, 6.45) is 1.46. The molecule has 0 spiro atoms. The number of aromatic nitrogens is 2. The van der Waals surface area contributed by atoms with Crippen LogP contribution in [0.4, 0.5) is 13.2 Å². The van der Waals surface area contributed by atoms with Gasteiger partial charge >= 0.3 is 12.1 Å². The van der Waals surface area contributed by atoms with Crippen molar-refractivity contribution in [2.75, 3.05) is 13.2 Å². The van der Waals surface area contributed by atoms with Crippen molar-refractivity contribution in [2.45, 2.75) is 38.4 Å². The Kier molecular flexibility index (Phi) is 8.13. The lowest BCUT2D eigenvalue weighted by Gasteiger charge is -2.26. The van der Waals surface area contributed by atoms with Crippen molar-refractivity contribution in [2.24, 2.45) is 11.1 Å². The molecule has 8 nitrogen and oxygen atoms in total. The zero-order valence-electron chi connectivity index (χ0n) is 18.9. The Bertz CT molecular complexity index is 1170. The van der Waals surface area contributed by atoms with Crippen LogP contribution in [0.15, 0.2) is 48.7 Å². The number of carbonyl (C=O) groups is 2. The van der Waals surface area contributed by atoms with Gasteiger partial charge in [0, 0.05) is 36.7 Å². The Hall–Kier alpha value is -3.44. The molecule has 35 heavy (non-hydrogen) atoms. The van der Waals surface area contributed by atoms with E-state index in [1.165, 1.54) is 18.4 Å². The Morgan fingerprint density at radius 3 is 2.29 bits per heavy atom. The molecule has 1 amide bonds. The molecule has 1 aliphatic carbocycles. The standard InChI is InChI=1S/C22H26N4O2.C2HF3O2/c23-21(28)19-5-3-4-17-13-26(25-20(17)19)18-8-6-16(7-9-18)12-24-14-22(15-27)10-1-2-11-22;3-2(4,5)1(6)7/h3-9,13,24,27H,1-2,10-12,14-15H2,(H2,23,28);(H,6,7). The largest absolute Gasteiger partial charge is 0.490 e. The molecule has 1 heterocycles. The number of hydrogen-bond donors (Lipinski definition) is 4. The first-order valence-corrected chi connectivity index (χ1v) is 11.0. The summed E-state index contributed by atoms with van der Waals surface area (Å²) in [7, 11) is 0. The summed E-state index contributed by atoms with van der Waals surface area (Å²) in [4.78, 5) is 20.5. The monoisotopic (exact) mass is 492 g/mol. The molecule has 3 aromatic rings. The molecule has 0 unspecified atom stereocenters. The fourth-order valence-corrected chi connectivity index (χ4v) is 4.13. The highest BCUT2D eigenvalue weighted by molar-refractivity contribution is 6.04. The number of fused-ring (bicyclic) bond motifs is 1. The molecule has 0 atom stereocenters. The van der Waals surface area contributed by atoms with Gasteiger partial charge in [0.2, 0.25) is 0 Å². The zero-order valence-corrected chi connectivity index (χ0v) is 18.9. The van der Waals surface area contributed by atoms with E-state index in [4.69, 9.17) is 15.6 Å². The van der Waals surface area contributed by atoms with E-state index in [0.29, 0.717) is 11.1 Å². The van der Waals surface area contributed by atoms with Gasteiger partial charge in [0.05, 0.1) is 11.3 Å². The van der Waals surface area contributed by atoms with Crippen LogP contribution in [0.3, 0.4) is 0 Å².